The normalized spacial score (nSPS) is 15.2. The number of carbonyl (C=O) groups excluding carboxylic acids is 1. The topological polar surface area (TPSA) is 57.6 Å². The number of likely N-dealkylation sites (tertiary alicyclic amines) is 1. The smallest absolute Gasteiger partial charge is 0.303 e. The van der Waals surface area contributed by atoms with Gasteiger partial charge in [-0.3, -0.25) is 9.59 Å². The third kappa shape index (κ3) is 2.61. The predicted octanol–water partition coefficient (Wildman–Crippen LogP) is 3.24. The summed E-state index contributed by atoms with van der Waals surface area (Å²) < 4.78 is 13.8. The molecule has 1 amide bonds. The Kier molecular flexibility index (Phi) is 3.59. The van der Waals surface area contributed by atoms with E-state index < -0.39 is 5.97 Å². The van der Waals surface area contributed by atoms with Gasteiger partial charge < -0.3 is 10.0 Å². The Morgan fingerprint density at radius 3 is 2.81 bits per heavy atom. The molecule has 1 fully saturated rings. The van der Waals surface area contributed by atoms with Gasteiger partial charge in [0, 0.05) is 29.1 Å². The molecular weight excluding hydrogens is 317 g/mol. The van der Waals surface area contributed by atoms with Gasteiger partial charge in [0.05, 0.1) is 11.4 Å². The summed E-state index contributed by atoms with van der Waals surface area (Å²) in [4.78, 5) is 24.9. The number of aliphatic carboxylic acids is 1. The summed E-state index contributed by atoms with van der Waals surface area (Å²) >= 11 is 7.36. The summed E-state index contributed by atoms with van der Waals surface area (Å²) in [7, 11) is 0. The second-order valence-electron chi connectivity index (χ2n) is 5.06. The molecule has 0 bridgehead atoms. The van der Waals surface area contributed by atoms with Gasteiger partial charge >= 0.3 is 5.97 Å². The number of hydrogen-bond acceptors (Lipinski definition) is 3. The van der Waals surface area contributed by atoms with Crippen LogP contribution in [0.1, 0.15) is 16.1 Å². The molecule has 0 spiro atoms. The largest absolute Gasteiger partial charge is 0.481 e. The number of hydrogen-bond donors (Lipinski definition) is 1. The average molecular weight is 328 g/mol. The number of thiophene rings is 1. The minimum Gasteiger partial charge on any atom is -0.481 e. The van der Waals surface area contributed by atoms with Crippen molar-refractivity contribution in [3.8, 4) is 0 Å². The van der Waals surface area contributed by atoms with Gasteiger partial charge in [-0.1, -0.05) is 11.6 Å². The van der Waals surface area contributed by atoms with Crippen LogP contribution in [0.2, 0.25) is 5.02 Å². The SMILES string of the molecule is O=C(O)CC1CN(C(=O)c2sc3cc(F)ccc3c2Cl)C1. The monoisotopic (exact) mass is 327 g/mol. The second kappa shape index (κ2) is 5.27. The van der Waals surface area contributed by atoms with Crippen molar-refractivity contribution in [2.24, 2.45) is 5.92 Å². The molecule has 3 rings (SSSR count). The predicted molar refractivity (Wildman–Crippen MR) is 78.4 cm³/mol. The summed E-state index contributed by atoms with van der Waals surface area (Å²) in [5.41, 5.74) is 0. The van der Waals surface area contributed by atoms with Crippen molar-refractivity contribution >= 4 is 44.9 Å². The van der Waals surface area contributed by atoms with E-state index in [0.717, 1.165) is 11.3 Å². The first-order chi connectivity index (χ1) is 9.95. The maximum Gasteiger partial charge on any atom is 0.303 e. The van der Waals surface area contributed by atoms with Crippen molar-refractivity contribution in [3.63, 3.8) is 0 Å². The van der Waals surface area contributed by atoms with Crippen LogP contribution in [-0.2, 0) is 4.79 Å². The van der Waals surface area contributed by atoms with Crippen molar-refractivity contribution in [1.29, 1.82) is 0 Å². The van der Waals surface area contributed by atoms with E-state index in [-0.39, 0.29) is 24.1 Å². The lowest BCUT2D eigenvalue weighted by Crippen LogP contribution is -2.50. The van der Waals surface area contributed by atoms with Crippen LogP contribution in [0.5, 0.6) is 0 Å². The molecule has 2 aromatic rings. The third-order valence-electron chi connectivity index (χ3n) is 3.49. The fourth-order valence-electron chi connectivity index (χ4n) is 2.43. The highest BCUT2D eigenvalue weighted by Crippen LogP contribution is 2.37. The van der Waals surface area contributed by atoms with E-state index in [2.05, 4.69) is 0 Å². The Hall–Kier alpha value is -1.66. The molecule has 1 aromatic heterocycles. The van der Waals surface area contributed by atoms with E-state index in [1.165, 1.54) is 12.1 Å². The quantitative estimate of drug-likeness (QED) is 0.941. The van der Waals surface area contributed by atoms with Gasteiger partial charge in [0.1, 0.15) is 10.7 Å². The summed E-state index contributed by atoms with van der Waals surface area (Å²) in [6.07, 6.45) is 0.0646. The molecule has 2 heterocycles. The molecule has 21 heavy (non-hydrogen) atoms. The molecule has 0 saturated carbocycles. The Bertz CT molecular complexity index is 739. The standard InChI is InChI=1S/C14H11ClFNO3S/c15-12-9-2-1-8(16)4-10(9)21-13(12)14(20)17-5-7(6-17)3-11(18)19/h1-2,4,7H,3,5-6H2,(H,18,19). The number of nitrogens with zero attached hydrogens (tertiary/aromatic N) is 1. The van der Waals surface area contributed by atoms with Crippen LogP contribution in [0, 0.1) is 11.7 Å². The first-order valence-corrected chi connectivity index (χ1v) is 7.53. The fourth-order valence-corrected chi connectivity index (χ4v) is 3.94. The maximum absolute atomic E-state index is 13.2. The number of carbonyl (C=O) groups is 2. The van der Waals surface area contributed by atoms with E-state index in [1.54, 1.807) is 11.0 Å². The van der Waals surface area contributed by atoms with Gasteiger partial charge in [-0.2, -0.15) is 0 Å². The Morgan fingerprint density at radius 2 is 2.14 bits per heavy atom. The van der Waals surface area contributed by atoms with Crippen molar-refractivity contribution in [3.05, 3.63) is 33.9 Å². The molecule has 0 radical (unpaired) electrons. The molecule has 7 heteroatoms. The van der Waals surface area contributed by atoms with E-state index >= 15 is 0 Å². The summed E-state index contributed by atoms with van der Waals surface area (Å²) in [5, 5.41) is 9.69. The summed E-state index contributed by atoms with van der Waals surface area (Å²) in [6.45, 7) is 0.841. The molecule has 0 atom stereocenters. The zero-order valence-electron chi connectivity index (χ0n) is 10.8. The molecule has 4 nitrogen and oxygen atoms in total. The molecule has 0 aliphatic carbocycles. The van der Waals surface area contributed by atoms with Gasteiger partial charge in [0.25, 0.3) is 5.91 Å². The lowest BCUT2D eigenvalue weighted by atomic mass is 9.96. The minimum atomic E-state index is -0.859. The second-order valence-corrected chi connectivity index (χ2v) is 6.49. The first kappa shape index (κ1) is 14.3. The average Bonchev–Trinajstić information content (AvgIpc) is 2.69. The molecule has 1 aliphatic rings. The lowest BCUT2D eigenvalue weighted by Gasteiger charge is -2.38. The first-order valence-electron chi connectivity index (χ1n) is 6.34. The van der Waals surface area contributed by atoms with Crippen LogP contribution >= 0.6 is 22.9 Å². The van der Waals surface area contributed by atoms with Gasteiger partial charge in [-0.15, -0.1) is 11.3 Å². The lowest BCUT2D eigenvalue weighted by molar-refractivity contribution is -0.139. The Balaban J connectivity index is 1.80. The van der Waals surface area contributed by atoms with Crippen LogP contribution in [0.25, 0.3) is 10.1 Å². The molecule has 110 valence electrons. The number of fused-ring (bicyclic) bond motifs is 1. The van der Waals surface area contributed by atoms with Gasteiger partial charge in [-0.25, -0.2) is 4.39 Å². The third-order valence-corrected chi connectivity index (χ3v) is 5.14. The number of halogens is 2. The van der Waals surface area contributed by atoms with Crippen molar-refractivity contribution in [2.45, 2.75) is 6.42 Å². The highest BCUT2D eigenvalue weighted by atomic mass is 35.5. The van der Waals surface area contributed by atoms with Gasteiger partial charge in [0.15, 0.2) is 0 Å². The highest BCUT2D eigenvalue weighted by Gasteiger charge is 2.34. The van der Waals surface area contributed by atoms with Crippen molar-refractivity contribution in [1.82, 2.24) is 4.90 Å². The highest BCUT2D eigenvalue weighted by molar-refractivity contribution is 7.21. The van der Waals surface area contributed by atoms with Crippen LogP contribution in [0.3, 0.4) is 0 Å². The molecule has 1 N–H and O–H groups in total. The number of carboxylic acids is 1. The molecular formula is C14H11ClFNO3S. The van der Waals surface area contributed by atoms with Crippen molar-refractivity contribution in [2.75, 3.05) is 13.1 Å². The van der Waals surface area contributed by atoms with E-state index in [1.807, 2.05) is 0 Å². The van der Waals surface area contributed by atoms with Gasteiger partial charge in [0.2, 0.25) is 0 Å². The summed E-state index contributed by atoms with van der Waals surface area (Å²) in [5.74, 6) is -1.45. The molecule has 0 unspecified atom stereocenters. The van der Waals surface area contributed by atoms with Crippen LogP contribution in [-0.4, -0.2) is 35.0 Å². The van der Waals surface area contributed by atoms with Crippen LogP contribution < -0.4 is 0 Å². The maximum atomic E-state index is 13.2. The number of benzene rings is 1. The van der Waals surface area contributed by atoms with E-state index in [0.29, 0.717) is 33.1 Å². The number of amides is 1. The summed E-state index contributed by atoms with van der Waals surface area (Å²) in [6, 6.07) is 4.22. The zero-order valence-corrected chi connectivity index (χ0v) is 12.4. The number of rotatable bonds is 3. The van der Waals surface area contributed by atoms with E-state index in [9.17, 15) is 14.0 Å². The Morgan fingerprint density at radius 1 is 1.43 bits per heavy atom. The zero-order chi connectivity index (χ0) is 15.1. The van der Waals surface area contributed by atoms with Gasteiger partial charge in [-0.05, 0) is 18.2 Å². The fraction of sp³-hybridized carbons (Fsp3) is 0.286. The minimum absolute atomic E-state index is 0.00273. The number of carboxylic acid groups (broad SMARTS) is 1. The van der Waals surface area contributed by atoms with Crippen molar-refractivity contribution < 1.29 is 19.1 Å². The van der Waals surface area contributed by atoms with Crippen LogP contribution in [0.4, 0.5) is 4.39 Å². The molecule has 1 aromatic carbocycles. The Labute approximate surface area is 128 Å². The molecule has 1 saturated heterocycles. The molecule has 1 aliphatic heterocycles. The van der Waals surface area contributed by atoms with Crippen LogP contribution in [0.15, 0.2) is 18.2 Å². The van der Waals surface area contributed by atoms with E-state index in [4.69, 9.17) is 16.7 Å².